The van der Waals surface area contributed by atoms with Gasteiger partial charge in [-0.3, -0.25) is 4.99 Å². The molecule has 5 heteroatoms. The van der Waals surface area contributed by atoms with Crippen molar-refractivity contribution in [1.29, 1.82) is 0 Å². The lowest BCUT2D eigenvalue weighted by atomic mass is 10.1. The molecule has 0 fully saturated rings. The number of hydrogen-bond donors (Lipinski definition) is 0. The minimum atomic E-state index is 0.542. The third-order valence-corrected chi connectivity index (χ3v) is 5.21. The highest BCUT2D eigenvalue weighted by atomic mass is 32.2. The Bertz CT molecular complexity index is 1060. The van der Waals surface area contributed by atoms with Gasteiger partial charge in [-0.05, 0) is 55.4 Å². The average molecular weight is 448 g/mol. The quantitative estimate of drug-likeness (QED) is 0.191. The van der Waals surface area contributed by atoms with Crippen LogP contribution in [0, 0.1) is 0 Å². The standard InChI is InChI=1S/C25H27N3OS.C2H6/c1-4-30-19(2)26-17-10-6-5-7-12-20-13-11-14-21(18-20)24-25(29-3)28-23-16-9-8-15-22(23)27-24;1-2/h4,7-9,11-16,18H,1,5-6,10,17H2,2-3H3;1-2H3/b12-7+,26-19?;. The van der Waals surface area contributed by atoms with E-state index in [0.29, 0.717) is 5.88 Å². The van der Waals surface area contributed by atoms with Crippen LogP contribution in [0.2, 0.25) is 0 Å². The second-order valence-corrected chi connectivity index (χ2v) is 7.94. The van der Waals surface area contributed by atoms with Crippen molar-refractivity contribution in [3.05, 3.63) is 72.2 Å². The number of fused-ring (bicyclic) bond motifs is 1. The minimum Gasteiger partial charge on any atom is -0.479 e. The zero-order valence-electron chi connectivity index (χ0n) is 19.5. The van der Waals surface area contributed by atoms with Gasteiger partial charge in [-0.25, -0.2) is 9.97 Å². The van der Waals surface area contributed by atoms with Crippen molar-refractivity contribution in [1.82, 2.24) is 9.97 Å². The lowest BCUT2D eigenvalue weighted by molar-refractivity contribution is 0.400. The van der Waals surface area contributed by atoms with Crippen LogP contribution in [0.25, 0.3) is 28.4 Å². The van der Waals surface area contributed by atoms with Crippen LogP contribution in [-0.2, 0) is 0 Å². The summed E-state index contributed by atoms with van der Waals surface area (Å²) in [4.78, 5) is 13.9. The molecule has 3 rings (SSSR count). The van der Waals surface area contributed by atoms with Crippen molar-refractivity contribution in [2.75, 3.05) is 13.7 Å². The van der Waals surface area contributed by atoms with Crippen LogP contribution in [0.15, 0.2) is 71.6 Å². The van der Waals surface area contributed by atoms with Crippen LogP contribution < -0.4 is 4.74 Å². The summed E-state index contributed by atoms with van der Waals surface area (Å²) in [6, 6.07) is 16.1. The zero-order valence-corrected chi connectivity index (χ0v) is 20.4. The SMILES string of the molecule is C=CSC(C)=NCCCC/C=C/c1cccc(-c2nc3ccccc3nc2OC)c1.CC. The molecule has 32 heavy (non-hydrogen) atoms. The molecule has 0 saturated heterocycles. The van der Waals surface area contributed by atoms with Gasteiger partial charge in [0, 0.05) is 12.1 Å². The van der Waals surface area contributed by atoms with Crippen LogP contribution in [0.4, 0.5) is 0 Å². The second kappa shape index (κ2) is 14.2. The highest BCUT2D eigenvalue weighted by molar-refractivity contribution is 8.16. The van der Waals surface area contributed by atoms with E-state index in [0.717, 1.165) is 58.7 Å². The summed E-state index contributed by atoms with van der Waals surface area (Å²) >= 11 is 1.58. The van der Waals surface area contributed by atoms with Crippen molar-refractivity contribution < 1.29 is 4.74 Å². The number of ether oxygens (including phenoxy) is 1. The predicted octanol–water partition coefficient (Wildman–Crippen LogP) is 7.81. The molecule has 1 aromatic heterocycles. The number of rotatable bonds is 9. The van der Waals surface area contributed by atoms with Crippen molar-refractivity contribution >= 4 is 33.9 Å². The average Bonchev–Trinajstić information content (AvgIpc) is 2.84. The molecule has 4 nitrogen and oxygen atoms in total. The summed E-state index contributed by atoms with van der Waals surface area (Å²) in [7, 11) is 1.63. The minimum absolute atomic E-state index is 0.542. The fourth-order valence-electron chi connectivity index (χ4n) is 3.09. The van der Waals surface area contributed by atoms with Crippen LogP contribution in [0.3, 0.4) is 0 Å². The molecule has 0 N–H and O–H groups in total. The predicted molar refractivity (Wildman–Crippen MR) is 142 cm³/mol. The number of thioether (sulfide) groups is 1. The molecule has 0 atom stereocenters. The molecule has 0 amide bonds. The van der Waals surface area contributed by atoms with Gasteiger partial charge in [0.2, 0.25) is 5.88 Å². The largest absolute Gasteiger partial charge is 0.479 e. The smallest absolute Gasteiger partial charge is 0.240 e. The monoisotopic (exact) mass is 447 g/mol. The van der Waals surface area contributed by atoms with Crippen LogP contribution in [0.5, 0.6) is 5.88 Å². The maximum atomic E-state index is 5.51. The number of nitrogens with zero attached hydrogens (tertiary/aromatic N) is 3. The molecule has 0 aliphatic rings. The Balaban J connectivity index is 0.00000176. The van der Waals surface area contributed by atoms with Gasteiger partial charge in [0.1, 0.15) is 5.69 Å². The number of benzene rings is 2. The molecule has 0 spiro atoms. The molecule has 2 aromatic carbocycles. The van der Waals surface area contributed by atoms with Gasteiger partial charge in [-0.2, -0.15) is 0 Å². The molecule has 0 aliphatic heterocycles. The van der Waals surface area contributed by atoms with E-state index in [1.54, 1.807) is 18.9 Å². The highest BCUT2D eigenvalue weighted by Gasteiger charge is 2.11. The number of para-hydroxylation sites is 2. The molecule has 0 bridgehead atoms. The molecule has 0 radical (unpaired) electrons. The number of unbranched alkanes of at least 4 members (excludes halogenated alkanes) is 2. The Labute approximate surface area is 196 Å². The molecule has 1 heterocycles. The molecular weight excluding hydrogens is 414 g/mol. The van der Waals surface area contributed by atoms with Crippen molar-refractivity contribution in [3.63, 3.8) is 0 Å². The van der Waals surface area contributed by atoms with Gasteiger partial charge in [-0.15, -0.1) is 0 Å². The summed E-state index contributed by atoms with van der Waals surface area (Å²) in [5.41, 5.74) is 4.59. The van der Waals surface area contributed by atoms with Crippen molar-refractivity contribution in [2.45, 2.75) is 40.0 Å². The Morgan fingerprint density at radius 3 is 2.53 bits per heavy atom. The molecule has 0 saturated carbocycles. The van der Waals surface area contributed by atoms with Gasteiger partial charge in [0.05, 0.1) is 23.2 Å². The summed E-state index contributed by atoms with van der Waals surface area (Å²) in [6.45, 7) is 10.6. The first-order valence-electron chi connectivity index (χ1n) is 11.1. The molecule has 3 aromatic rings. The number of methoxy groups -OCH3 is 1. The number of aliphatic imine (C=N–C) groups is 1. The Kier molecular flexibility index (Phi) is 11.2. The summed E-state index contributed by atoms with van der Waals surface area (Å²) in [5.74, 6) is 0.542. The molecule has 0 unspecified atom stereocenters. The van der Waals surface area contributed by atoms with E-state index in [9.17, 15) is 0 Å². The summed E-state index contributed by atoms with van der Waals surface area (Å²) < 4.78 is 5.51. The van der Waals surface area contributed by atoms with Gasteiger partial charge in [0.25, 0.3) is 0 Å². The maximum absolute atomic E-state index is 5.51. The van der Waals surface area contributed by atoms with Crippen LogP contribution in [0.1, 0.15) is 45.6 Å². The van der Waals surface area contributed by atoms with E-state index in [1.165, 1.54) is 0 Å². The van der Waals surface area contributed by atoms with E-state index in [1.807, 2.05) is 62.6 Å². The third-order valence-electron chi connectivity index (χ3n) is 4.57. The van der Waals surface area contributed by atoms with Gasteiger partial charge < -0.3 is 4.74 Å². The zero-order chi connectivity index (χ0) is 23.2. The van der Waals surface area contributed by atoms with Gasteiger partial charge in [-0.1, -0.05) is 74.7 Å². The summed E-state index contributed by atoms with van der Waals surface area (Å²) in [5, 5.41) is 2.89. The molecule has 168 valence electrons. The van der Waals surface area contributed by atoms with Crippen molar-refractivity contribution in [3.8, 4) is 17.1 Å². The first-order valence-corrected chi connectivity index (χ1v) is 12.0. The molecule has 0 aliphatic carbocycles. The van der Waals surface area contributed by atoms with Gasteiger partial charge >= 0.3 is 0 Å². The Morgan fingerprint density at radius 1 is 1.06 bits per heavy atom. The second-order valence-electron chi connectivity index (χ2n) is 6.78. The third kappa shape index (κ3) is 7.65. The van der Waals surface area contributed by atoms with E-state index in [2.05, 4.69) is 40.8 Å². The topological polar surface area (TPSA) is 47.4 Å². The Morgan fingerprint density at radius 2 is 1.81 bits per heavy atom. The van der Waals surface area contributed by atoms with E-state index in [4.69, 9.17) is 9.72 Å². The van der Waals surface area contributed by atoms with E-state index < -0.39 is 0 Å². The first kappa shape index (κ1) is 25.3. The van der Waals surface area contributed by atoms with Crippen LogP contribution >= 0.6 is 11.8 Å². The van der Waals surface area contributed by atoms with Gasteiger partial charge in [0.15, 0.2) is 0 Å². The highest BCUT2D eigenvalue weighted by Crippen LogP contribution is 2.29. The maximum Gasteiger partial charge on any atom is 0.240 e. The lowest BCUT2D eigenvalue weighted by Gasteiger charge is -2.09. The molecular formula is C27H33N3OS. The van der Waals surface area contributed by atoms with E-state index >= 15 is 0 Å². The van der Waals surface area contributed by atoms with E-state index in [-0.39, 0.29) is 0 Å². The first-order chi connectivity index (χ1) is 15.7. The Hall–Kier alpha value is -2.92. The number of aromatic nitrogens is 2. The lowest BCUT2D eigenvalue weighted by Crippen LogP contribution is -1.96. The number of hydrogen-bond acceptors (Lipinski definition) is 5. The number of allylic oxidation sites excluding steroid dienone is 1. The fraction of sp³-hybridized carbons (Fsp3) is 0.296. The van der Waals surface area contributed by atoms with Crippen molar-refractivity contribution in [2.24, 2.45) is 4.99 Å². The summed E-state index contributed by atoms with van der Waals surface area (Å²) in [6.07, 6.45) is 7.62. The normalized spacial score (nSPS) is 11.3. The van der Waals surface area contributed by atoms with Crippen LogP contribution in [-0.4, -0.2) is 28.7 Å². The fourth-order valence-corrected chi connectivity index (χ4v) is 3.50.